The van der Waals surface area contributed by atoms with Gasteiger partial charge in [0.05, 0.1) is 13.1 Å². The predicted octanol–water partition coefficient (Wildman–Crippen LogP) is 2.81. The highest BCUT2D eigenvalue weighted by atomic mass is 16.2. The van der Waals surface area contributed by atoms with Crippen molar-refractivity contribution in [3.8, 4) is 0 Å². The Kier molecular flexibility index (Phi) is 7.00. The van der Waals surface area contributed by atoms with E-state index in [4.69, 9.17) is 0 Å². The number of rotatable bonds is 6. The summed E-state index contributed by atoms with van der Waals surface area (Å²) < 4.78 is 0. The average Bonchev–Trinajstić information content (AvgIpc) is 2.53. The van der Waals surface area contributed by atoms with Crippen LogP contribution in [0.4, 0.5) is 5.69 Å². The molecule has 1 aliphatic carbocycles. The number of carbonyl (C=O) groups excluding carboxylic acids is 2. The first kappa shape index (κ1) is 19.4. The number of nitrogens with one attached hydrogen (secondary N) is 2. The summed E-state index contributed by atoms with van der Waals surface area (Å²) in [5.74, 6) is 1.04. The Hall–Kier alpha value is -1.88. The topological polar surface area (TPSA) is 61.4 Å². The summed E-state index contributed by atoms with van der Waals surface area (Å²) in [6, 6.07) is 7.93. The lowest BCUT2D eigenvalue weighted by atomic mass is 9.78. The van der Waals surface area contributed by atoms with Gasteiger partial charge < -0.3 is 10.6 Å². The van der Waals surface area contributed by atoms with Gasteiger partial charge >= 0.3 is 0 Å². The highest BCUT2D eigenvalue weighted by Gasteiger charge is 2.28. The van der Waals surface area contributed by atoms with Crippen molar-refractivity contribution in [2.24, 2.45) is 11.8 Å². The molecule has 5 heteroatoms. The Bertz CT molecular complexity index is 585. The summed E-state index contributed by atoms with van der Waals surface area (Å²) in [6.07, 6.45) is 3.47. The third-order valence-electron chi connectivity index (χ3n) is 5.22. The lowest BCUT2D eigenvalue weighted by molar-refractivity contribution is -0.124. The predicted molar refractivity (Wildman–Crippen MR) is 101 cm³/mol. The number of hydrogen-bond acceptors (Lipinski definition) is 3. The van der Waals surface area contributed by atoms with Gasteiger partial charge in [-0.2, -0.15) is 0 Å². The molecule has 3 atom stereocenters. The highest BCUT2D eigenvalue weighted by Crippen LogP contribution is 2.29. The molecule has 25 heavy (non-hydrogen) atoms. The number of hydrogen-bond donors (Lipinski definition) is 2. The zero-order chi connectivity index (χ0) is 18.4. The van der Waals surface area contributed by atoms with Crippen LogP contribution in [0.1, 0.15) is 38.7 Å². The van der Waals surface area contributed by atoms with Crippen molar-refractivity contribution in [3.05, 3.63) is 29.8 Å². The second-order valence-electron chi connectivity index (χ2n) is 7.53. The lowest BCUT2D eigenvalue weighted by Gasteiger charge is -2.34. The fourth-order valence-corrected chi connectivity index (χ4v) is 3.42. The third kappa shape index (κ3) is 6.16. The van der Waals surface area contributed by atoms with Crippen LogP contribution in [0.15, 0.2) is 24.3 Å². The zero-order valence-electron chi connectivity index (χ0n) is 15.8. The first-order chi connectivity index (χ1) is 11.8. The van der Waals surface area contributed by atoms with Gasteiger partial charge in [-0.05, 0) is 44.4 Å². The largest absolute Gasteiger partial charge is 0.352 e. The van der Waals surface area contributed by atoms with Crippen LogP contribution in [0.2, 0.25) is 0 Å². The van der Waals surface area contributed by atoms with Crippen LogP contribution in [-0.2, 0) is 9.59 Å². The van der Waals surface area contributed by atoms with Gasteiger partial charge in [-0.15, -0.1) is 0 Å². The molecule has 0 aromatic heterocycles. The molecule has 138 valence electrons. The van der Waals surface area contributed by atoms with Gasteiger partial charge in [0.25, 0.3) is 0 Å². The van der Waals surface area contributed by atoms with E-state index in [-0.39, 0.29) is 30.9 Å². The number of amides is 2. The Balaban J connectivity index is 1.75. The highest BCUT2D eigenvalue weighted by molar-refractivity contribution is 5.92. The van der Waals surface area contributed by atoms with E-state index in [2.05, 4.69) is 24.5 Å². The minimum atomic E-state index is -0.112. The van der Waals surface area contributed by atoms with Gasteiger partial charge in [0, 0.05) is 11.7 Å². The Morgan fingerprint density at radius 2 is 1.72 bits per heavy atom. The Morgan fingerprint density at radius 1 is 1.08 bits per heavy atom. The molecule has 0 saturated heterocycles. The standard InChI is InChI=1S/C20H31N3O2/c1-14-8-10-17(11-9-14)21-19(24)12-23(4)13-20(25)22-18-7-5-6-15(2)16(18)3/h8-11,15-16,18H,5-7,12-13H2,1-4H3,(H,21,24)(H,22,25)/t15-,16+,18-/m1/s1. The van der Waals surface area contributed by atoms with Crippen molar-refractivity contribution in [2.45, 2.75) is 46.1 Å². The Labute approximate surface area is 151 Å². The maximum Gasteiger partial charge on any atom is 0.238 e. The summed E-state index contributed by atoms with van der Waals surface area (Å²) in [4.78, 5) is 26.1. The zero-order valence-corrected chi connectivity index (χ0v) is 15.8. The van der Waals surface area contributed by atoms with Gasteiger partial charge in [0.15, 0.2) is 0 Å². The molecular weight excluding hydrogens is 314 g/mol. The number of anilines is 1. The number of nitrogens with zero attached hydrogens (tertiary/aromatic N) is 1. The molecule has 1 saturated carbocycles. The number of likely N-dealkylation sites (N-methyl/N-ethyl adjacent to an activating group) is 1. The molecule has 0 unspecified atom stereocenters. The number of benzene rings is 1. The second-order valence-corrected chi connectivity index (χ2v) is 7.53. The Morgan fingerprint density at radius 3 is 2.40 bits per heavy atom. The second kappa shape index (κ2) is 8.99. The minimum Gasteiger partial charge on any atom is -0.352 e. The summed E-state index contributed by atoms with van der Waals surface area (Å²) >= 11 is 0. The molecule has 2 N–H and O–H groups in total. The van der Waals surface area contributed by atoms with Gasteiger partial charge in [-0.1, -0.05) is 44.4 Å². The smallest absolute Gasteiger partial charge is 0.238 e. The van der Waals surface area contributed by atoms with E-state index < -0.39 is 0 Å². The van der Waals surface area contributed by atoms with E-state index in [1.807, 2.05) is 31.2 Å². The van der Waals surface area contributed by atoms with Crippen LogP contribution in [0.5, 0.6) is 0 Å². The summed E-state index contributed by atoms with van der Waals surface area (Å²) in [6.45, 7) is 6.90. The van der Waals surface area contributed by atoms with Crippen molar-refractivity contribution >= 4 is 17.5 Å². The van der Waals surface area contributed by atoms with E-state index in [0.717, 1.165) is 17.7 Å². The maximum absolute atomic E-state index is 12.3. The molecule has 1 aliphatic rings. The van der Waals surface area contributed by atoms with Gasteiger partial charge in [-0.3, -0.25) is 14.5 Å². The molecule has 1 aromatic carbocycles. The lowest BCUT2D eigenvalue weighted by Crippen LogP contribution is -2.47. The van der Waals surface area contributed by atoms with Crippen LogP contribution >= 0.6 is 0 Å². The molecule has 0 radical (unpaired) electrons. The first-order valence-corrected chi connectivity index (χ1v) is 9.19. The SMILES string of the molecule is Cc1ccc(NC(=O)CN(C)CC(=O)N[C@@H]2CCC[C@@H](C)[C@@H]2C)cc1. The molecule has 0 spiro atoms. The third-order valence-corrected chi connectivity index (χ3v) is 5.22. The fraction of sp³-hybridized carbons (Fsp3) is 0.600. The van der Waals surface area contributed by atoms with Crippen LogP contribution < -0.4 is 10.6 Å². The quantitative estimate of drug-likeness (QED) is 0.833. The summed E-state index contributed by atoms with van der Waals surface area (Å²) in [5, 5.41) is 6.00. The van der Waals surface area contributed by atoms with E-state index in [1.54, 1.807) is 11.9 Å². The van der Waals surface area contributed by atoms with Gasteiger partial charge in [-0.25, -0.2) is 0 Å². The van der Waals surface area contributed by atoms with E-state index in [0.29, 0.717) is 11.8 Å². The van der Waals surface area contributed by atoms with E-state index in [1.165, 1.54) is 12.8 Å². The number of aryl methyl sites for hydroxylation is 1. The molecule has 0 heterocycles. The summed E-state index contributed by atoms with van der Waals surface area (Å²) in [5.41, 5.74) is 1.93. The molecule has 1 fully saturated rings. The number of carbonyl (C=O) groups is 2. The fourth-order valence-electron chi connectivity index (χ4n) is 3.42. The van der Waals surface area contributed by atoms with Crippen molar-refractivity contribution in [2.75, 3.05) is 25.5 Å². The van der Waals surface area contributed by atoms with Gasteiger partial charge in [0.1, 0.15) is 0 Å². The summed E-state index contributed by atoms with van der Waals surface area (Å²) in [7, 11) is 1.79. The van der Waals surface area contributed by atoms with E-state index in [9.17, 15) is 9.59 Å². The van der Waals surface area contributed by atoms with Crippen molar-refractivity contribution < 1.29 is 9.59 Å². The molecule has 0 bridgehead atoms. The maximum atomic E-state index is 12.3. The minimum absolute atomic E-state index is 0.00316. The van der Waals surface area contributed by atoms with Crippen molar-refractivity contribution in [3.63, 3.8) is 0 Å². The van der Waals surface area contributed by atoms with Crippen LogP contribution in [0.25, 0.3) is 0 Å². The van der Waals surface area contributed by atoms with Crippen molar-refractivity contribution in [1.29, 1.82) is 0 Å². The molecular formula is C20H31N3O2. The molecule has 2 amide bonds. The molecule has 2 rings (SSSR count). The molecule has 1 aromatic rings. The normalized spacial score (nSPS) is 23.3. The molecule has 5 nitrogen and oxygen atoms in total. The van der Waals surface area contributed by atoms with E-state index >= 15 is 0 Å². The van der Waals surface area contributed by atoms with Crippen molar-refractivity contribution in [1.82, 2.24) is 10.2 Å². The monoisotopic (exact) mass is 345 g/mol. The van der Waals surface area contributed by atoms with Crippen LogP contribution in [-0.4, -0.2) is 42.9 Å². The first-order valence-electron chi connectivity index (χ1n) is 9.19. The van der Waals surface area contributed by atoms with Gasteiger partial charge in [0.2, 0.25) is 11.8 Å². The van der Waals surface area contributed by atoms with Crippen LogP contribution in [0, 0.1) is 18.8 Å². The van der Waals surface area contributed by atoms with Crippen LogP contribution in [0.3, 0.4) is 0 Å². The molecule has 0 aliphatic heterocycles. The average molecular weight is 345 g/mol.